The highest BCUT2D eigenvalue weighted by Gasteiger charge is 2.28. The van der Waals surface area contributed by atoms with Gasteiger partial charge in [-0.05, 0) is 31.1 Å². The van der Waals surface area contributed by atoms with Gasteiger partial charge in [0.2, 0.25) is 5.89 Å². The first-order valence-corrected chi connectivity index (χ1v) is 7.88. The van der Waals surface area contributed by atoms with Crippen LogP contribution in [-0.2, 0) is 6.54 Å². The smallest absolute Gasteiger partial charge is 0.315 e. The molecule has 2 atom stereocenters. The lowest BCUT2D eigenvalue weighted by Gasteiger charge is -2.21. The molecular formula is C15H26N4O2. The van der Waals surface area contributed by atoms with Crippen molar-refractivity contribution in [1.82, 2.24) is 20.8 Å². The molecule has 1 heterocycles. The van der Waals surface area contributed by atoms with Gasteiger partial charge in [0, 0.05) is 13.0 Å². The molecule has 0 saturated heterocycles. The Bertz CT molecular complexity index is 458. The van der Waals surface area contributed by atoms with Crippen molar-refractivity contribution in [2.24, 2.45) is 11.8 Å². The van der Waals surface area contributed by atoms with Crippen LogP contribution in [-0.4, -0.2) is 22.2 Å². The topological polar surface area (TPSA) is 80.0 Å². The minimum atomic E-state index is -0.140. The van der Waals surface area contributed by atoms with Gasteiger partial charge < -0.3 is 15.2 Å². The average Bonchev–Trinajstić information content (AvgIpc) is 3.03. The van der Waals surface area contributed by atoms with Gasteiger partial charge in [0.05, 0.1) is 6.54 Å². The van der Waals surface area contributed by atoms with Crippen molar-refractivity contribution in [3.63, 3.8) is 0 Å². The Kier molecular flexibility index (Phi) is 5.59. The molecule has 0 radical (unpaired) electrons. The highest BCUT2D eigenvalue weighted by molar-refractivity contribution is 5.74. The van der Waals surface area contributed by atoms with Gasteiger partial charge in [0.1, 0.15) is 0 Å². The van der Waals surface area contributed by atoms with Gasteiger partial charge in [0.15, 0.2) is 5.82 Å². The minimum Gasteiger partial charge on any atom is -0.340 e. The van der Waals surface area contributed by atoms with Crippen LogP contribution in [0.3, 0.4) is 0 Å². The number of rotatable bonds is 6. The first-order chi connectivity index (χ1) is 10.0. The monoisotopic (exact) mass is 294 g/mol. The third kappa shape index (κ3) is 5.02. The van der Waals surface area contributed by atoms with Crippen LogP contribution < -0.4 is 10.6 Å². The molecule has 0 aliphatic heterocycles. The lowest BCUT2D eigenvalue weighted by molar-refractivity contribution is 0.231. The van der Waals surface area contributed by atoms with Gasteiger partial charge in [-0.2, -0.15) is 4.98 Å². The van der Waals surface area contributed by atoms with E-state index >= 15 is 0 Å². The third-order valence-corrected chi connectivity index (χ3v) is 4.07. The molecule has 1 aromatic heterocycles. The zero-order valence-electron chi connectivity index (χ0n) is 13.2. The fourth-order valence-corrected chi connectivity index (χ4v) is 2.91. The van der Waals surface area contributed by atoms with Crippen LogP contribution >= 0.6 is 0 Å². The quantitative estimate of drug-likeness (QED) is 0.845. The SMILES string of the molecule is Cc1nc(CNC(=O)N[C@@H]2CCC[C@@H]2CCC(C)C)no1. The lowest BCUT2D eigenvalue weighted by Crippen LogP contribution is -2.43. The predicted octanol–water partition coefficient (Wildman–Crippen LogP) is 2.78. The van der Waals surface area contributed by atoms with Gasteiger partial charge in [-0.15, -0.1) is 0 Å². The van der Waals surface area contributed by atoms with Crippen LogP contribution in [0, 0.1) is 18.8 Å². The number of hydrogen-bond acceptors (Lipinski definition) is 4. The molecule has 2 N–H and O–H groups in total. The summed E-state index contributed by atoms with van der Waals surface area (Å²) in [4.78, 5) is 16.0. The second-order valence-electron chi connectivity index (χ2n) is 6.33. The van der Waals surface area contributed by atoms with E-state index in [4.69, 9.17) is 4.52 Å². The molecular weight excluding hydrogens is 268 g/mol. The van der Waals surface area contributed by atoms with Crippen molar-refractivity contribution < 1.29 is 9.32 Å². The number of aromatic nitrogens is 2. The molecule has 1 fully saturated rings. The molecule has 6 heteroatoms. The summed E-state index contributed by atoms with van der Waals surface area (Å²) in [7, 11) is 0. The van der Waals surface area contributed by atoms with Crippen LogP contribution in [0.25, 0.3) is 0 Å². The number of amides is 2. The third-order valence-electron chi connectivity index (χ3n) is 4.07. The van der Waals surface area contributed by atoms with Crippen LogP contribution in [0.15, 0.2) is 4.52 Å². The van der Waals surface area contributed by atoms with E-state index in [1.54, 1.807) is 6.92 Å². The number of hydrogen-bond donors (Lipinski definition) is 2. The maximum absolute atomic E-state index is 12.0. The summed E-state index contributed by atoms with van der Waals surface area (Å²) >= 11 is 0. The van der Waals surface area contributed by atoms with E-state index in [1.807, 2.05) is 0 Å². The summed E-state index contributed by atoms with van der Waals surface area (Å²) in [5, 5.41) is 9.64. The van der Waals surface area contributed by atoms with Gasteiger partial charge in [-0.1, -0.05) is 31.8 Å². The Morgan fingerprint density at radius 3 is 2.90 bits per heavy atom. The van der Waals surface area contributed by atoms with Crippen molar-refractivity contribution in [3.05, 3.63) is 11.7 Å². The van der Waals surface area contributed by atoms with E-state index in [2.05, 4.69) is 34.6 Å². The predicted molar refractivity (Wildman–Crippen MR) is 79.6 cm³/mol. The van der Waals surface area contributed by atoms with Crippen LogP contribution in [0.4, 0.5) is 4.79 Å². The molecule has 118 valence electrons. The Morgan fingerprint density at radius 2 is 2.24 bits per heavy atom. The van der Waals surface area contributed by atoms with E-state index in [9.17, 15) is 4.79 Å². The highest BCUT2D eigenvalue weighted by atomic mass is 16.5. The summed E-state index contributed by atoms with van der Waals surface area (Å²) in [6.07, 6.45) is 5.94. The summed E-state index contributed by atoms with van der Waals surface area (Å²) in [6.45, 7) is 6.52. The van der Waals surface area contributed by atoms with Crippen molar-refractivity contribution in [1.29, 1.82) is 0 Å². The molecule has 2 amide bonds. The van der Waals surface area contributed by atoms with E-state index in [0.717, 1.165) is 12.3 Å². The summed E-state index contributed by atoms with van der Waals surface area (Å²) in [5.41, 5.74) is 0. The van der Waals surface area contributed by atoms with Crippen LogP contribution in [0.1, 0.15) is 57.7 Å². The molecule has 0 aromatic carbocycles. The molecule has 1 aliphatic rings. The number of nitrogens with zero attached hydrogens (tertiary/aromatic N) is 2. The fraction of sp³-hybridized carbons (Fsp3) is 0.800. The summed E-state index contributed by atoms with van der Waals surface area (Å²) in [5.74, 6) is 2.36. The van der Waals surface area contributed by atoms with Crippen LogP contribution in [0.5, 0.6) is 0 Å². The van der Waals surface area contributed by atoms with Gasteiger partial charge in [-0.3, -0.25) is 0 Å². The number of aryl methyl sites for hydroxylation is 1. The van der Waals surface area contributed by atoms with Crippen molar-refractivity contribution in [3.8, 4) is 0 Å². The summed E-state index contributed by atoms with van der Waals surface area (Å²) < 4.78 is 4.87. The average molecular weight is 294 g/mol. The maximum Gasteiger partial charge on any atom is 0.315 e. The van der Waals surface area contributed by atoms with E-state index < -0.39 is 0 Å². The number of nitrogens with one attached hydrogen (secondary N) is 2. The van der Waals surface area contributed by atoms with Crippen molar-refractivity contribution in [2.45, 2.75) is 65.5 Å². The maximum atomic E-state index is 12.0. The molecule has 1 aromatic rings. The molecule has 0 unspecified atom stereocenters. The Hall–Kier alpha value is -1.59. The number of urea groups is 1. The number of carbonyl (C=O) groups is 1. The van der Waals surface area contributed by atoms with E-state index in [1.165, 1.54) is 25.7 Å². The Balaban J connectivity index is 1.73. The molecule has 1 saturated carbocycles. The van der Waals surface area contributed by atoms with Gasteiger partial charge in [-0.25, -0.2) is 4.79 Å². The second kappa shape index (κ2) is 7.43. The largest absolute Gasteiger partial charge is 0.340 e. The molecule has 0 bridgehead atoms. The van der Waals surface area contributed by atoms with Crippen molar-refractivity contribution >= 4 is 6.03 Å². The summed E-state index contributed by atoms with van der Waals surface area (Å²) in [6, 6.07) is 0.162. The molecule has 6 nitrogen and oxygen atoms in total. The molecule has 1 aliphatic carbocycles. The molecule has 2 rings (SSSR count). The first kappa shape index (κ1) is 15.8. The van der Waals surface area contributed by atoms with Crippen LogP contribution in [0.2, 0.25) is 0 Å². The van der Waals surface area contributed by atoms with Crippen molar-refractivity contribution in [2.75, 3.05) is 0 Å². The first-order valence-electron chi connectivity index (χ1n) is 7.88. The van der Waals surface area contributed by atoms with Gasteiger partial charge >= 0.3 is 6.03 Å². The van der Waals surface area contributed by atoms with E-state index in [0.29, 0.717) is 30.2 Å². The van der Waals surface area contributed by atoms with Gasteiger partial charge in [0.25, 0.3) is 0 Å². The minimum absolute atomic E-state index is 0.140. The zero-order chi connectivity index (χ0) is 15.2. The highest BCUT2D eigenvalue weighted by Crippen LogP contribution is 2.30. The van der Waals surface area contributed by atoms with E-state index in [-0.39, 0.29) is 6.03 Å². The Morgan fingerprint density at radius 1 is 1.43 bits per heavy atom. The fourth-order valence-electron chi connectivity index (χ4n) is 2.91. The zero-order valence-corrected chi connectivity index (χ0v) is 13.2. The standard InChI is InChI=1S/C15H26N4O2/c1-10(2)7-8-12-5-4-6-13(12)18-15(20)16-9-14-17-11(3)21-19-14/h10,12-13H,4-9H2,1-3H3,(H2,16,18,20)/t12-,13-/m1/s1. The molecule has 21 heavy (non-hydrogen) atoms. The second-order valence-corrected chi connectivity index (χ2v) is 6.33. The normalized spacial score (nSPS) is 21.7. The Labute approximate surface area is 126 Å². The lowest BCUT2D eigenvalue weighted by atomic mass is 9.94. The number of carbonyl (C=O) groups excluding carboxylic acids is 1. The molecule has 0 spiro atoms.